The Balaban J connectivity index is 1.71. The highest BCUT2D eigenvalue weighted by Crippen LogP contribution is 2.26. The summed E-state index contributed by atoms with van der Waals surface area (Å²) < 4.78 is 1.08. The van der Waals surface area contributed by atoms with Crippen LogP contribution < -0.4 is 21.4 Å². The van der Waals surface area contributed by atoms with E-state index in [-0.39, 0.29) is 38.7 Å². The smallest absolute Gasteiger partial charge is 0.324 e. The lowest BCUT2D eigenvalue weighted by molar-refractivity contribution is -0.116. The van der Waals surface area contributed by atoms with Gasteiger partial charge in [-0.3, -0.25) is 15.2 Å². The van der Waals surface area contributed by atoms with Gasteiger partial charge in [-0.1, -0.05) is 29.3 Å². The van der Waals surface area contributed by atoms with Crippen molar-refractivity contribution in [3.8, 4) is 5.69 Å². The fourth-order valence-electron chi connectivity index (χ4n) is 3.09. The van der Waals surface area contributed by atoms with Crippen LogP contribution in [0.25, 0.3) is 16.7 Å². The number of hydrogen-bond donors (Lipinski definition) is 3. The van der Waals surface area contributed by atoms with Gasteiger partial charge in [-0.15, -0.1) is 0 Å². The van der Waals surface area contributed by atoms with Gasteiger partial charge in [-0.2, -0.15) is 4.98 Å². The molecule has 2 aromatic heterocycles. The number of H-pyrrole nitrogens is 1. The summed E-state index contributed by atoms with van der Waals surface area (Å²) in [6.45, 7) is 1.49. The molecule has 4 rings (SSSR count). The number of rotatable bonds is 4. The van der Waals surface area contributed by atoms with E-state index in [1.807, 2.05) is 0 Å². The molecule has 9 nitrogen and oxygen atoms in total. The maximum absolute atomic E-state index is 12.7. The molecule has 0 atom stereocenters. The molecule has 0 fully saturated rings. The van der Waals surface area contributed by atoms with Gasteiger partial charge in [-0.05, 0) is 36.4 Å². The SMILES string of the molecule is CC(=O)N(C)c1ccc(Nc2ncc3c(=N)n(-c4c(Cl)cccc4Cl)c(=O)[nH]c3n2)cc1. The Labute approximate surface area is 191 Å². The number of halogens is 2. The van der Waals surface area contributed by atoms with Gasteiger partial charge in [0, 0.05) is 31.5 Å². The quantitative estimate of drug-likeness (QED) is 0.421. The third kappa shape index (κ3) is 3.95. The van der Waals surface area contributed by atoms with E-state index < -0.39 is 5.69 Å². The minimum Gasteiger partial charge on any atom is -0.324 e. The van der Waals surface area contributed by atoms with Crippen LogP contribution in [-0.4, -0.2) is 32.5 Å². The number of fused-ring (bicyclic) bond motifs is 1. The predicted molar refractivity (Wildman–Crippen MR) is 124 cm³/mol. The van der Waals surface area contributed by atoms with Crippen molar-refractivity contribution in [2.45, 2.75) is 6.92 Å². The summed E-state index contributed by atoms with van der Waals surface area (Å²) in [5.74, 6) is 0.155. The highest BCUT2D eigenvalue weighted by Gasteiger charge is 2.15. The van der Waals surface area contributed by atoms with Gasteiger partial charge >= 0.3 is 5.69 Å². The lowest BCUT2D eigenvalue weighted by Gasteiger charge is -2.15. The molecule has 0 aliphatic heterocycles. The van der Waals surface area contributed by atoms with Gasteiger partial charge in [0.25, 0.3) is 0 Å². The molecule has 1 amide bonds. The van der Waals surface area contributed by atoms with E-state index in [0.717, 1.165) is 10.3 Å². The second kappa shape index (κ2) is 8.45. The molecule has 162 valence electrons. The van der Waals surface area contributed by atoms with E-state index in [1.165, 1.54) is 18.0 Å². The predicted octanol–water partition coefficient (Wildman–Crippen LogP) is 3.62. The molecular weight excluding hydrogens is 453 g/mol. The number of benzene rings is 2. The van der Waals surface area contributed by atoms with Crippen LogP contribution in [0.3, 0.4) is 0 Å². The van der Waals surface area contributed by atoms with Crippen molar-refractivity contribution in [3.05, 3.63) is 74.7 Å². The Kier molecular flexibility index (Phi) is 5.68. The highest BCUT2D eigenvalue weighted by atomic mass is 35.5. The zero-order valence-corrected chi connectivity index (χ0v) is 18.5. The normalized spacial score (nSPS) is 10.9. The van der Waals surface area contributed by atoms with E-state index in [1.54, 1.807) is 49.5 Å². The van der Waals surface area contributed by atoms with Crippen LogP contribution >= 0.6 is 23.2 Å². The monoisotopic (exact) mass is 469 g/mol. The topological polar surface area (TPSA) is 120 Å². The van der Waals surface area contributed by atoms with Crippen molar-refractivity contribution in [3.63, 3.8) is 0 Å². The molecule has 32 heavy (non-hydrogen) atoms. The molecule has 0 radical (unpaired) electrons. The van der Waals surface area contributed by atoms with Gasteiger partial charge < -0.3 is 10.2 Å². The summed E-state index contributed by atoms with van der Waals surface area (Å²) >= 11 is 12.4. The summed E-state index contributed by atoms with van der Waals surface area (Å²) in [6, 6.07) is 11.9. The Morgan fingerprint density at radius 3 is 2.44 bits per heavy atom. The second-order valence-electron chi connectivity index (χ2n) is 6.89. The first-order valence-corrected chi connectivity index (χ1v) is 10.1. The van der Waals surface area contributed by atoms with Crippen LogP contribution in [0.1, 0.15) is 6.92 Å². The van der Waals surface area contributed by atoms with Crippen LogP contribution in [0.5, 0.6) is 0 Å². The average molecular weight is 470 g/mol. The number of aromatic nitrogens is 4. The molecule has 0 aliphatic rings. The maximum atomic E-state index is 12.7. The first-order valence-electron chi connectivity index (χ1n) is 9.38. The van der Waals surface area contributed by atoms with Gasteiger partial charge in [0.15, 0.2) is 5.65 Å². The second-order valence-corrected chi connectivity index (χ2v) is 7.70. The zero-order valence-electron chi connectivity index (χ0n) is 17.0. The van der Waals surface area contributed by atoms with Gasteiger partial charge in [0.05, 0.1) is 21.1 Å². The molecule has 0 saturated carbocycles. The molecule has 0 saturated heterocycles. The number of carbonyl (C=O) groups is 1. The Morgan fingerprint density at radius 1 is 1.16 bits per heavy atom. The van der Waals surface area contributed by atoms with E-state index in [9.17, 15) is 9.59 Å². The summed E-state index contributed by atoms with van der Waals surface area (Å²) in [7, 11) is 1.69. The van der Waals surface area contributed by atoms with Crippen molar-refractivity contribution >= 4 is 57.5 Å². The van der Waals surface area contributed by atoms with E-state index >= 15 is 0 Å². The van der Waals surface area contributed by atoms with Crippen LogP contribution in [0.15, 0.2) is 53.5 Å². The molecule has 2 heterocycles. The molecule has 0 spiro atoms. The number of aromatic amines is 1. The molecule has 0 aliphatic carbocycles. The van der Waals surface area contributed by atoms with Gasteiger partial charge in [-0.25, -0.2) is 14.3 Å². The molecule has 0 unspecified atom stereocenters. The largest absolute Gasteiger partial charge is 0.333 e. The minimum absolute atomic E-state index is 0.0750. The van der Waals surface area contributed by atoms with Gasteiger partial charge in [0.2, 0.25) is 11.9 Å². The molecule has 11 heteroatoms. The average Bonchev–Trinajstić information content (AvgIpc) is 2.75. The number of para-hydroxylation sites is 1. The van der Waals surface area contributed by atoms with E-state index in [4.69, 9.17) is 28.6 Å². The van der Waals surface area contributed by atoms with Crippen molar-refractivity contribution in [2.75, 3.05) is 17.3 Å². The summed E-state index contributed by atoms with van der Waals surface area (Å²) in [5, 5.41) is 12.3. The molecule has 3 N–H and O–H groups in total. The molecule has 4 aromatic rings. The highest BCUT2D eigenvalue weighted by molar-refractivity contribution is 6.37. The summed E-state index contributed by atoms with van der Waals surface area (Å²) in [4.78, 5) is 37.0. The summed E-state index contributed by atoms with van der Waals surface area (Å²) in [6.07, 6.45) is 1.43. The van der Waals surface area contributed by atoms with E-state index in [0.29, 0.717) is 11.1 Å². The first-order chi connectivity index (χ1) is 15.3. The lowest BCUT2D eigenvalue weighted by atomic mass is 10.2. The number of carbonyl (C=O) groups excluding carboxylic acids is 1. The molecular formula is C21H17Cl2N7O2. The van der Waals surface area contributed by atoms with Crippen LogP contribution in [0.4, 0.5) is 17.3 Å². The molecule has 0 bridgehead atoms. The fourth-order valence-corrected chi connectivity index (χ4v) is 3.65. The van der Waals surface area contributed by atoms with Crippen LogP contribution in [0.2, 0.25) is 10.0 Å². The third-order valence-electron chi connectivity index (χ3n) is 4.84. The maximum Gasteiger partial charge on any atom is 0.333 e. The van der Waals surface area contributed by atoms with Gasteiger partial charge in [0.1, 0.15) is 5.49 Å². The lowest BCUT2D eigenvalue weighted by Crippen LogP contribution is -2.34. The van der Waals surface area contributed by atoms with Crippen molar-refractivity contribution < 1.29 is 4.79 Å². The number of nitrogens with zero attached hydrogens (tertiary/aromatic N) is 4. The van der Waals surface area contributed by atoms with E-state index in [2.05, 4.69) is 20.3 Å². The van der Waals surface area contributed by atoms with Crippen molar-refractivity contribution in [1.29, 1.82) is 5.41 Å². The number of amides is 1. The Hall–Kier alpha value is -3.69. The number of anilines is 3. The standard InChI is InChI=1S/C21H17Cl2N7O2/c1-11(31)29(2)13-8-6-12(7-9-13)26-20-25-10-14-18(24)30(21(32)28-19(14)27-20)17-15(22)4-3-5-16(17)23/h3-10,24H,1-2H3,(H2,25,26,27,28,32). The van der Waals surface area contributed by atoms with Crippen molar-refractivity contribution in [2.24, 2.45) is 0 Å². The van der Waals surface area contributed by atoms with Crippen LogP contribution in [0, 0.1) is 5.41 Å². The first kappa shape index (κ1) is 21.5. The van der Waals surface area contributed by atoms with Crippen LogP contribution in [-0.2, 0) is 4.79 Å². The third-order valence-corrected chi connectivity index (χ3v) is 5.45. The van der Waals surface area contributed by atoms with Crippen molar-refractivity contribution in [1.82, 2.24) is 19.5 Å². The Bertz CT molecular complexity index is 1440. The number of hydrogen-bond acceptors (Lipinski definition) is 6. The fraction of sp³-hybridized carbons (Fsp3) is 0.0952. The Morgan fingerprint density at radius 2 is 1.81 bits per heavy atom. The number of nitrogens with one attached hydrogen (secondary N) is 3. The summed E-state index contributed by atoms with van der Waals surface area (Å²) in [5.41, 5.74) is 1.06. The minimum atomic E-state index is -0.612. The zero-order chi connectivity index (χ0) is 23.0. The molecule has 2 aromatic carbocycles.